The van der Waals surface area contributed by atoms with Crippen molar-refractivity contribution in [2.45, 2.75) is 63.7 Å². The van der Waals surface area contributed by atoms with Gasteiger partial charge in [0, 0.05) is 6.54 Å². The molecule has 2 rings (SSSR count). The minimum absolute atomic E-state index is 0.0882. The SMILES string of the molecule is CC(C)C[C@H](NC(=O)[C@@H](N)Cc1ccccc1)C(=O)N1CCC[C@H]1C(=O)N[C@@H](CO)C(=O)O. The van der Waals surface area contributed by atoms with E-state index >= 15 is 0 Å². The number of nitrogens with one attached hydrogen (secondary N) is 2. The van der Waals surface area contributed by atoms with Gasteiger partial charge in [-0.15, -0.1) is 0 Å². The number of likely N-dealkylation sites (tertiary alicyclic amines) is 1. The molecule has 1 fully saturated rings. The predicted octanol–water partition coefficient (Wildman–Crippen LogP) is -0.360. The van der Waals surface area contributed by atoms with Crippen LogP contribution >= 0.6 is 0 Å². The molecule has 182 valence electrons. The highest BCUT2D eigenvalue weighted by atomic mass is 16.4. The van der Waals surface area contributed by atoms with Gasteiger partial charge in [-0.1, -0.05) is 44.2 Å². The molecule has 10 nitrogen and oxygen atoms in total. The molecule has 1 saturated heterocycles. The van der Waals surface area contributed by atoms with Crippen LogP contribution in [0.5, 0.6) is 0 Å². The number of carbonyl (C=O) groups excluding carboxylic acids is 3. The molecule has 1 aliphatic rings. The van der Waals surface area contributed by atoms with Crippen LogP contribution < -0.4 is 16.4 Å². The predicted molar refractivity (Wildman–Crippen MR) is 121 cm³/mol. The fraction of sp³-hybridized carbons (Fsp3) is 0.565. The Kier molecular flexibility index (Phi) is 9.80. The van der Waals surface area contributed by atoms with Gasteiger partial charge in [-0.25, -0.2) is 4.79 Å². The van der Waals surface area contributed by atoms with Crippen molar-refractivity contribution in [3.63, 3.8) is 0 Å². The smallest absolute Gasteiger partial charge is 0.328 e. The number of nitrogens with zero attached hydrogens (tertiary/aromatic N) is 1. The molecular weight excluding hydrogens is 428 g/mol. The summed E-state index contributed by atoms with van der Waals surface area (Å²) in [6.07, 6.45) is 1.62. The summed E-state index contributed by atoms with van der Waals surface area (Å²) in [5.41, 5.74) is 6.98. The van der Waals surface area contributed by atoms with Gasteiger partial charge in [-0.2, -0.15) is 0 Å². The lowest BCUT2D eigenvalue weighted by Gasteiger charge is -2.30. The normalized spacial score (nSPS) is 18.5. The summed E-state index contributed by atoms with van der Waals surface area (Å²) in [4.78, 5) is 51.2. The van der Waals surface area contributed by atoms with E-state index in [1.807, 2.05) is 44.2 Å². The quantitative estimate of drug-likeness (QED) is 0.300. The molecule has 0 unspecified atom stereocenters. The fourth-order valence-electron chi connectivity index (χ4n) is 3.89. The molecule has 0 aliphatic carbocycles. The lowest BCUT2D eigenvalue weighted by Crippen LogP contribution is -2.57. The van der Waals surface area contributed by atoms with E-state index in [9.17, 15) is 24.3 Å². The van der Waals surface area contributed by atoms with Crippen molar-refractivity contribution in [2.24, 2.45) is 11.7 Å². The molecule has 3 amide bonds. The number of nitrogens with two attached hydrogens (primary N) is 1. The number of carboxylic acid groups (broad SMARTS) is 1. The second-order valence-electron chi connectivity index (χ2n) is 8.76. The summed E-state index contributed by atoms with van der Waals surface area (Å²) in [5, 5.41) is 23.3. The number of aliphatic hydroxyl groups excluding tert-OH is 1. The van der Waals surface area contributed by atoms with Crippen LogP contribution in [0.3, 0.4) is 0 Å². The third kappa shape index (κ3) is 7.54. The highest BCUT2D eigenvalue weighted by Gasteiger charge is 2.39. The topological polar surface area (TPSA) is 162 Å². The van der Waals surface area contributed by atoms with Crippen molar-refractivity contribution in [1.82, 2.24) is 15.5 Å². The molecule has 1 aromatic carbocycles. The number of benzene rings is 1. The molecule has 4 atom stereocenters. The summed E-state index contributed by atoms with van der Waals surface area (Å²) in [6, 6.07) is 5.31. The van der Waals surface area contributed by atoms with Crippen molar-refractivity contribution >= 4 is 23.7 Å². The monoisotopic (exact) mass is 462 g/mol. The Morgan fingerprint density at radius 2 is 1.79 bits per heavy atom. The van der Waals surface area contributed by atoms with Crippen LogP contribution in [-0.2, 0) is 25.6 Å². The first-order valence-electron chi connectivity index (χ1n) is 11.2. The third-order valence-electron chi connectivity index (χ3n) is 5.59. The highest BCUT2D eigenvalue weighted by molar-refractivity contribution is 5.94. The number of carbonyl (C=O) groups is 4. The minimum atomic E-state index is -1.45. The van der Waals surface area contributed by atoms with Gasteiger partial charge >= 0.3 is 5.97 Å². The first kappa shape index (κ1) is 26.3. The van der Waals surface area contributed by atoms with E-state index in [4.69, 9.17) is 10.8 Å². The Labute approximate surface area is 193 Å². The van der Waals surface area contributed by atoms with E-state index in [-0.39, 0.29) is 5.92 Å². The molecule has 0 radical (unpaired) electrons. The van der Waals surface area contributed by atoms with Crippen LogP contribution in [0.4, 0.5) is 0 Å². The molecule has 1 heterocycles. The maximum absolute atomic E-state index is 13.3. The summed E-state index contributed by atoms with van der Waals surface area (Å²) < 4.78 is 0. The Balaban J connectivity index is 2.09. The Morgan fingerprint density at radius 3 is 2.36 bits per heavy atom. The summed E-state index contributed by atoms with van der Waals surface area (Å²) in [7, 11) is 0. The number of rotatable bonds is 11. The highest BCUT2D eigenvalue weighted by Crippen LogP contribution is 2.21. The second-order valence-corrected chi connectivity index (χ2v) is 8.76. The standard InChI is InChI=1S/C23H34N4O6/c1-14(2)11-17(25-20(29)16(24)12-15-7-4-3-5-8-15)22(31)27-10-6-9-19(27)21(30)26-18(13-28)23(32)33/h3-5,7-8,14,16-19,28H,6,9-13,24H2,1-2H3,(H,25,29)(H,26,30)(H,32,33)/t16-,17-,18-,19-/m0/s1. The van der Waals surface area contributed by atoms with Crippen molar-refractivity contribution in [3.05, 3.63) is 35.9 Å². The molecule has 1 aliphatic heterocycles. The summed E-state index contributed by atoms with van der Waals surface area (Å²) >= 11 is 0. The number of hydrogen-bond donors (Lipinski definition) is 5. The fourth-order valence-corrected chi connectivity index (χ4v) is 3.89. The minimum Gasteiger partial charge on any atom is -0.480 e. The van der Waals surface area contributed by atoms with E-state index in [1.165, 1.54) is 4.90 Å². The molecule has 1 aromatic rings. The molecule has 6 N–H and O–H groups in total. The summed E-state index contributed by atoms with van der Waals surface area (Å²) in [5.74, 6) is -2.77. The first-order valence-corrected chi connectivity index (χ1v) is 11.2. The molecular formula is C23H34N4O6. The molecule has 0 aromatic heterocycles. The van der Waals surface area contributed by atoms with Crippen LogP contribution in [0.2, 0.25) is 0 Å². The molecule has 0 saturated carbocycles. The maximum Gasteiger partial charge on any atom is 0.328 e. The van der Waals surface area contributed by atoms with Gasteiger partial charge in [0.05, 0.1) is 12.6 Å². The van der Waals surface area contributed by atoms with Gasteiger partial charge in [-0.05, 0) is 37.2 Å². The Bertz CT molecular complexity index is 832. The lowest BCUT2D eigenvalue weighted by molar-refractivity contribution is -0.145. The van der Waals surface area contributed by atoms with Crippen LogP contribution in [0.25, 0.3) is 0 Å². The maximum atomic E-state index is 13.3. The van der Waals surface area contributed by atoms with E-state index in [0.29, 0.717) is 32.2 Å². The van der Waals surface area contributed by atoms with Crippen molar-refractivity contribution in [1.29, 1.82) is 0 Å². The average molecular weight is 463 g/mol. The van der Waals surface area contributed by atoms with Gasteiger partial charge in [0.1, 0.15) is 18.1 Å². The van der Waals surface area contributed by atoms with Gasteiger partial charge in [-0.3, -0.25) is 14.4 Å². The Hall–Kier alpha value is -2.98. The van der Waals surface area contributed by atoms with Gasteiger partial charge in [0.2, 0.25) is 17.7 Å². The van der Waals surface area contributed by atoms with E-state index in [0.717, 1.165) is 5.56 Å². The summed E-state index contributed by atoms with van der Waals surface area (Å²) in [6.45, 7) is 3.40. The van der Waals surface area contributed by atoms with Crippen LogP contribution in [0.15, 0.2) is 30.3 Å². The molecule has 0 spiro atoms. The van der Waals surface area contributed by atoms with E-state index in [1.54, 1.807) is 0 Å². The van der Waals surface area contributed by atoms with E-state index in [2.05, 4.69) is 10.6 Å². The van der Waals surface area contributed by atoms with Gasteiger partial charge < -0.3 is 31.5 Å². The van der Waals surface area contributed by atoms with Gasteiger partial charge in [0.25, 0.3) is 0 Å². The van der Waals surface area contributed by atoms with Crippen molar-refractivity contribution < 1.29 is 29.4 Å². The number of carboxylic acids is 1. The van der Waals surface area contributed by atoms with Crippen molar-refractivity contribution in [2.75, 3.05) is 13.2 Å². The molecule has 10 heteroatoms. The second kappa shape index (κ2) is 12.3. The number of aliphatic carboxylic acids is 1. The largest absolute Gasteiger partial charge is 0.480 e. The van der Waals surface area contributed by atoms with Crippen LogP contribution in [0, 0.1) is 5.92 Å². The first-order chi connectivity index (χ1) is 15.6. The van der Waals surface area contributed by atoms with Crippen molar-refractivity contribution in [3.8, 4) is 0 Å². The molecule has 33 heavy (non-hydrogen) atoms. The Morgan fingerprint density at radius 1 is 1.12 bits per heavy atom. The molecule has 0 bridgehead atoms. The lowest BCUT2D eigenvalue weighted by atomic mass is 10.0. The van der Waals surface area contributed by atoms with Crippen LogP contribution in [0.1, 0.15) is 38.7 Å². The number of amides is 3. The van der Waals surface area contributed by atoms with Crippen LogP contribution in [-0.4, -0.2) is 76.1 Å². The number of hydrogen-bond acceptors (Lipinski definition) is 6. The zero-order valence-corrected chi connectivity index (χ0v) is 19.1. The third-order valence-corrected chi connectivity index (χ3v) is 5.59. The zero-order chi connectivity index (χ0) is 24.5. The van der Waals surface area contributed by atoms with Gasteiger partial charge in [0.15, 0.2) is 0 Å². The average Bonchev–Trinajstić information content (AvgIpc) is 3.26. The number of aliphatic hydroxyl groups is 1. The zero-order valence-electron chi connectivity index (χ0n) is 19.1. The van der Waals surface area contributed by atoms with E-state index < -0.39 is 54.5 Å².